The van der Waals surface area contributed by atoms with Gasteiger partial charge in [-0.25, -0.2) is 0 Å². The molecule has 0 amide bonds. The summed E-state index contributed by atoms with van der Waals surface area (Å²) < 4.78 is 5.08. The van der Waals surface area contributed by atoms with Gasteiger partial charge in [0.25, 0.3) is 0 Å². The van der Waals surface area contributed by atoms with Crippen LogP contribution < -0.4 is 5.32 Å². The molecule has 1 aromatic heterocycles. The van der Waals surface area contributed by atoms with Crippen molar-refractivity contribution in [2.45, 2.75) is 52.6 Å². The third kappa shape index (κ3) is 3.11. The Hall–Kier alpha value is -0.760. The van der Waals surface area contributed by atoms with Gasteiger partial charge in [-0.2, -0.15) is 0 Å². The maximum absolute atomic E-state index is 5.08. The van der Waals surface area contributed by atoms with Gasteiger partial charge in [0.2, 0.25) is 0 Å². The van der Waals surface area contributed by atoms with Gasteiger partial charge in [-0.1, -0.05) is 20.8 Å². The summed E-state index contributed by atoms with van der Waals surface area (Å²) in [6.07, 6.45) is 7.52. The van der Waals surface area contributed by atoms with E-state index in [2.05, 4.69) is 26.1 Å². The molecule has 1 fully saturated rings. The van der Waals surface area contributed by atoms with Crippen LogP contribution in [-0.4, -0.2) is 6.04 Å². The molecule has 1 N–H and O–H groups in total. The monoisotopic (exact) mass is 221 g/mol. The standard InChI is InChI=1S/C14H23NO/c1-11-6-13(8-14(2,3)7-11)15-9-12-4-5-16-10-12/h4-5,10-11,13,15H,6-9H2,1-3H3. The van der Waals surface area contributed by atoms with Crippen molar-refractivity contribution >= 4 is 0 Å². The third-order valence-electron chi connectivity index (χ3n) is 3.56. The Labute approximate surface area is 98.4 Å². The first-order chi connectivity index (χ1) is 7.55. The number of hydrogen-bond acceptors (Lipinski definition) is 2. The molecule has 90 valence electrons. The molecule has 1 aromatic rings. The summed E-state index contributed by atoms with van der Waals surface area (Å²) in [5.41, 5.74) is 1.74. The quantitative estimate of drug-likeness (QED) is 0.844. The Morgan fingerprint density at radius 3 is 2.88 bits per heavy atom. The fourth-order valence-corrected chi connectivity index (χ4v) is 3.16. The van der Waals surface area contributed by atoms with Gasteiger partial charge in [-0.15, -0.1) is 0 Å². The highest BCUT2D eigenvalue weighted by molar-refractivity contribution is 5.05. The molecule has 0 bridgehead atoms. The summed E-state index contributed by atoms with van der Waals surface area (Å²) in [7, 11) is 0. The number of nitrogens with one attached hydrogen (secondary N) is 1. The Bertz CT molecular complexity index is 315. The first-order valence-electron chi connectivity index (χ1n) is 6.30. The molecule has 2 heteroatoms. The second-order valence-corrected chi connectivity index (χ2v) is 6.12. The van der Waals surface area contributed by atoms with Crippen molar-refractivity contribution in [2.24, 2.45) is 11.3 Å². The molecule has 1 aliphatic carbocycles. The van der Waals surface area contributed by atoms with Crippen LogP contribution in [0.15, 0.2) is 23.0 Å². The molecule has 0 spiro atoms. The van der Waals surface area contributed by atoms with Crippen LogP contribution >= 0.6 is 0 Å². The van der Waals surface area contributed by atoms with Crippen LogP contribution in [0.3, 0.4) is 0 Å². The number of hydrogen-bond donors (Lipinski definition) is 1. The molecule has 2 unspecified atom stereocenters. The van der Waals surface area contributed by atoms with Gasteiger partial charge in [0.05, 0.1) is 12.5 Å². The second-order valence-electron chi connectivity index (χ2n) is 6.12. The maximum atomic E-state index is 5.08. The van der Waals surface area contributed by atoms with Crippen molar-refractivity contribution in [2.75, 3.05) is 0 Å². The highest BCUT2D eigenvalue weighted by atomic mass is 16.3. The molecule has 0 aromatic carbocycles. The minimum absolute atomic E-state index is 0.492. The lowest BCUT2D eigenvalue weighted by Gasteiger charge is -2.39. The molecular weight excluding hydrogens is 198 g/mol. The third-order valence-corrected chi connectivity index (χ3v) is 3.56. The Balaban J connectivity index is 1.85. The van der Waals surface area contributed by atoms with Crippen LogP contribution in [0.25, 0.3) is 0 Å². The van der Waals surface area contributed by atoms with Crippen molar-refractivity contribution in [3.63, 3.8) is 0 Å². The van der Waals surface area contributed by atoms with Gasteiger partial charge in [0, 0.05) is 18.2 Å². The molecule has 0 saturated heterocycles. The smallest absolute Gasteiger partial charge is 0.0947 e. The first-order valence-corrected chi connectivity index (χ1v) is 6.30. The highest BCUT2D eigenvalue weighted by Gasteiger charge is 2.31. The molecule has 1 heterocycles. The van der Waals surface area contributed by atoms with Gasteiger partial charge in [-0.3, -0.25) is 0 Å². The minimum Gasteiger partial charge on any atom is -0.472 e. The molecule has 1 saturated carbocycles. The predicted octanol–water partition coefficient (Wildman–Crippen LogP) is 3.58. The second kappa shape index (κ2) is 4.62. The lowest BCUT2D eigenvalue weighted by atomic mass is 9.70. The molecule has 0 aliphatic heterocycles. The summed E-state index contributed by atoms with van der Waals surface area (Å²) in [4.78, 5) is 0. The lowest BCUT2D eigenvalue weighted by molar-refractivity contribution is 0.151. The van der Waals surface area contributed by atoms with Gasteiger partial charge >= 0.3 is 0 Å². The summed E-state index contributed by atoms with van der Waals surface area (Å²) in [6.45, 7) is 8.07. The molecule has 2 nitrogen and oxygen atoms in total. The Kier molecular flexibility index (Phi) is 3.38. The van der Waals surface area contributed by atoms with Crippen LogP contribution in [-0.2, 0) is 6.54 Å². The highest BCUT2D eigenvalue weighted by Crippen LogP contribution is 2.38. The van der Waals surface area contributed by atoms with E-state index in [1.54, 1.807) is 6.26 Å². The summed E-state index contributed by atoms with van der Waals surface area (Å²) >= 11 is 0. The van der Waals surface area contributed by atoms with Crippen LogP contribution in [0.1, 0.15) is 45.6 Å². The van der Waals surface area contributed by atoms with Crippen molar-refractivity contribution in [1.29, 1.82) is 0 Å². The van der Waals surface area contributed by atoms with E-state index in [4.69, 9.17) is 4.42 Å². The van der Waals surface area contributed by atoms with E-state index in [9.17, 15) is 0 Å². The Morgan fingerprint density at radius 1 is 1.44 bits per heavy atom. The van der Waals surface area contributed by atoms with Crippen LogP contribution in [0.5, 0.6) is 0 Å². The fraction of sp³-hybridized carbons (Fsp3) is 0.714. The van der Waals surface area contributed by atoms with E-state index < -0.39 is 0 Å². The molecule has 16 heavy (non-hydrogen) atoms. The van der Waals surface area contributed by atoms with E-state index in [1.807, 2.05) is 12.3 Å². The molecule has 1 aliphatic rings. The van der Waals surface area contributed by atoms with Gasteiger partial charge in [-0.05, 0) is 36.7 Å². The van der Waals surface area contributed by atoms with Crippen LogP contribution in [0.2, 0.25) is 0 Å². The maximum Gasteiger partial charge on any atom is 0.0947 e. The van der Waals surface area contributed by atoms with E-state index in [0.29, 0.717) is 11.5 Å². The van der Waals surface area contributed by atoms with Crippen molar-refractivity contribution < 1.29 is 4.42 Å². The zero-order chi connectivity index (χ0) is 11.6. The summed E-state index contributed by atoms with van der Waals surface area (Å²) in [5.74, 6) is 0.839. The van der Waals surface area contributed by atoms with Crippen molar-refractivity contribution in [3.05, 3.63) is 24.2 Å². The topological polar surface area (TPSA) is 25.2 Å². The molecule has 2 rings (SSSR count). The average Bonchev–Trinajstić information content (AvgIpc) is 2.63. The summed E-state index contributed by atoms with van der Waals surface area (Å²) in [6, 6.07) is 2.69. The van der Waals surface area contributed by atoms with Crippen molar-refractivity contribution in [1.82, 2.24) is 5.32 Å². The predicted molar refractivity (Wildman–Crippen MR) is 66.1 cm³/mol. The fourth-order valence-electron chi connectivity index (χ4n) is 3.16. The lowest BCUT2D eigenvalue weighted by Crippen LogP contribution is -2.39. The molecule has 2 atom stereocenters. The van der Waals surface area contributed by atoms with Gasteiger partial charge in [0.15, 0.2) is 0 Å². The number of rotatable bonds is 3. The van der Waals surface area contributed by atoms with Gasteiger partial charge in [0.1, 0.15) is 0 Å². The minimum atomic E-state index is 0.492. The SMILES string of the molecule is CC1CC(NCc2ccoc2)CC(C)(C)C1. The van der Waals surface area contributed by atoms with Crippen LogP contribution in [0.4, 0.5) is 0 Å². The number of furan rings is 1. The zero-order valence-corrected chi connectivity index (χ0v) is 10.6. The average molecular weight is 221 g/mol. The first kappa shape index (κ1) is 11.7. The largest absolute Gasteiger partial charge is 0.472 e. The molecular formula is C14H23NO. The van der Waals surface area contributed by atoms with E-state index in [0.717, 1.165) is 12.5 Å². The van der Waals surface area contributed by atoms with Crippen LogP contribution in [0, 0.1) is 11.3 Å². The van der Waals surface area contributed by atoms with E-state index in [1.165, 1.54) is 24.8 Å². The zero-order valence-electron chi connectivity index (χ0n) is 10.6. The van der Waals surface area contributed by atoms with E-state index in [-0.39, 0.29) is 0 Å². The Morgan fingerprint density at radius 2 is 2.25 bits per heavy atom. The normalized spacial score (nSPS) is 29.2. The van der Waals surface area contributed by atoms with Crippen molar-refractivity contribution in [3.8, 4) is 0 Å². The summed E-state index contributed by atoms with van der Waals surface area (Å²) in [5, 5.41) is 3.65. The van der Waals surface area contributed by atoms with E-state index >= 15 is 0 Å². The van der Waals surface area contributed by atoms with Gasteiger partial charge < -0.3 is 9.73 Å². The molecule has 0 radical (unpaired) electrons.